The Morgan fingerprint density at radius 1 is 1.35 bits per heavy atom. The van der Waals surface area contributed by atoms with Gasteiger partial charge in [-0.3, -0.25) is 9.79 Å². The van der Waals surface area contributed by atoms with E-state index in [0.717, 1.165) is 36.8 Å². The van der Waals surface area contributed by atoms with Gasteiger partial charge in [-0.2, -0.15) is 0 Å². The van der Waals surface area contributed by atoms with Crippen molar-refractivity contribution < 1.29 is 9.53 Å². The van der Waals surface area contributed by atoms with E-state index in [9.17, 15) is 4.79 Å². The van der Waals surface area contributed by atoms with Gasteiger partial charge < -0.3 is 20.3 Å². The van der Waals surface area contributed by atoms with Crippen LogP contribution in [0.5, 0.6) is 5.75 Å². The van der Waals surface area contributed by atoms with E-state index >= 15 is 0 Å². The monoisotopic (exact) mass is 474 g/mol. The third-order valence-corrected chi connectivity index (χ3v) is 4.16. The van der Waals surface area contributed by atoms with Gasteiger partial charge in [-0.25, -0.2) is 0 Å². The maximum absolute atomic E-state index is 11.8. The molecule has 0 radical (unpaired) electrons. The molecular weight excluding hydrogens is 443 g/mol. The number of hydrogen-bond acceptors (Lipinski definition) is 3. The summed E-state index contributed by atoms with van der Waals surface area (Å²) in [5, 5.41) is 6.73. The Bertz CT molecular complexity index is 590. The van der Waals surface area contributed by atoms with Gasteiger partial charge in [0.2, 0.25) is 5.91 Å². The van der Waals surface area contributed by atoms with E-state index in [1.807, 2.05) is 37.8 Å². The maximum atomic E-state index is 11.8. The van der Waals surface area contributed by atoms with Gasteiger partial charge in [0.05, 0.1) is 6.10 Å². The molecule has 1 fully saturated rings. The maximum Gasteiger partial charge on any atom is 0.222 e. The summed E-state index contributed by atoms with van der Waals surface area (Å²) < 4.78 is 5.65. The SMILES string of the molecule is CCC(=O)N1CCC(NC(=NC)NCc2ccc(OC(C)C)cc2)C1.I. The Morgan fingerprint density at radius 2 is 2.04 bits per heavy atom. The molecule has 26 heavy (non-hydrogen) atoms. The average Bonchev–Trinajstić information content (AvgIpc) is 3.07. The van der Waals surface area contributed by atoms with Crippen LogP contribution in [0.2, 0.25) is 0 Å². The van der Waals surface area contributed by atoms with Gasteiger partial charge in [0.1, 0.15) is 5.75 Å². The number of rotatable bonds is 6. The lowest BCUT2D eigenvalue weighted by Crippen LogP contribution is -2.44. The summed E-state index contributed by atoms with van der Waals surface area (Å²) >= 11 is 0. The van der Waals surface area contributed by atoms with Crippen LogP contribution >= 0.6 is 24.0 Å². The van der Waals surface area contributed by atoms with Gasteiger partial charge in [0, 0.05) is 39.1 Å². The fourth-order valence-corrected chi connectivity index (χ4v) is 2.86. The Kier molecular flexibility index (Phi) is 9.75. The molecule has 0 aromatic heterocycles. The lowest BCUT2D eigenvalue weighted by Gasteiger charge is -2.19. The minimum atomic E-state index is 0. The molecule has 1 unspecified atom stereocenters. The molecule has 1 aliphatic heterocycles. The van der Waals surface area contributed by atoms with Crippen molar-refractivity contribution in [3.8, 4) is 5.75 Å². The second kappa shape index (κ2) is 11.3. The number of guanidine groups is 1. The molecule has 6 nitrogen and oxygen atoms in total. The number of likely N-dealkylation sites (tertiary alicyclic amines) is 1. The highest BCUT2D eigenvalue weighted by molar-refractivity contribution is 14.0. The number of hydrogen-bond donors (Lipinski definition) is 2. The molecule has 1 heterocycles. The average molecular weight is 474 g/mol. The van der Waals surface area contributed by atoms with Crippen molar-refractivity contribution >= 4 is 35.8 Å². The lowest BCUT2D eigenvalue weighted by molar-refractivity contribution is -0.129. The standard InChI is InChI=1S/C19H30N4O2.HI/c1-5-18(24)23-11-10-16(13-23)22-19(20-4)21-12-15-6-8-17(9-7-15)25-14(2)3;/h6-9,14,16H,5,10-13H2,1-4H3,(H2,20,21,22);1H. The van der Waals surface area contributed by atoms with Gasteiger partial charge in [-0.15, -0.1) is 24.0 Å². The number of ether oxygens (including phenoxy) is 1. The lowest BCUT2D eigenvalue weighted by atomic mass is 10.2. The van der Waals surface area contributed by atoms with E-state index in [2.05, 4.69) is 27.8 Å². The van der Waals surface area contributed by atoms with Crippen LogP contribution in [0.3, 0.4) is 0 Å². The molecule has 2 rings (SSSR count). The molecule has 1 atom stereocenters. The molecular formula is C19H31IN4O2. The zero-order chi connectivity index (χ0) is 18.2. The molecule has 1 saturated heterocycles. The number of carbonyl (C=O) groups is 1. The molecule has 0 spiro atoms. The largest absolute Gasteiger partial charge is 0.491 e. The summed E-state index contributed by atoms with van der Waals surface area (Å²) in [6.07, 6.45) is 1.70. The molecule has 146 valence electrons. The number of aliphatic imine (C=N–C) groups is 1. The van der Waals surface area contributed by atoms with E-state index in [0.29, 0.717) is 13.0 Å². The minimum Gasteiger partial charge on any atom is -0.491 e. The van der Waals surface area contributed by atoms with Crippen molar-refractivity contribution in [1.82, 2.24) is 15.5 Å². The summed E-state index contributed by atoms with van der Waals surface area (Å²) in [6.45, 7) is 8.19. The normalized spacial score (nSPS) is 17.0. The summed E-state index contributed by atoms with van der Waals surface area (Å²) in [5.74, 6) is 1.86. The van der Waals surface area contributed by atoms with E-state index < -0.39 is 0 Å². The number of nitrogens with one attached hydrogen (secondary N) is 2. The fourth-order valence-electron chi connectivity index (χ4n) is 2.86. The van der Waals surface area contributed by atoms with Gasteiger partial charge >= 0.3 is 0 Å². The Hall–Kier alpha value is -1.51. The smallest absolute Gasteiger partial charge is 0.222 e. The first kappa shape index (κ1) is 22.5. The highest BCUT2D eigenvalue weighted by Gasteiger charge is 2.25. The van der Waals surface area contributed by atoms with Crippen LogP contribution in [-0.4, -0.2) is 49.0 Å². The van der Waals surface area contributed by atoms with Crippen LogP contribution in [0, 0.1) is 0 Å². The van der Waals surface area contributed by atoms with Crippen LogP contribution in [0.1, 0.15) is 39.2 Å². The quantitative estimate of drug-likeness (QED) is 0.378. The Labute approximate surface area is 173 Å². The van der Waals surface area contributed by atoms with Crippen molar-refractivity contribution in [3.05, 3.63) is 29.8 Å². The molecule has 1 aromatic rings. The molecule has 0 aliphatic carbocycles. The van der Waals surface area contributed by atoms with Crippen LogP contribution in [0.25, 0.3) is 0 Å². The zero-order valence-electron chi connectivity index (χ0n) is 16.1. The number of nitrogens with zero attached hydrogens (tertiary/aromatic N) is 2. The number of halogens is 1. The summed E-state index contributed by atoms with van der Waals surface area (Å²) in [4.78, 5) is 18.0. The van der Waals surface area contributed by atoms with Gasteiger partial charge in [0.25, 0.3) is 0 Å². The van der Waals surface area contributed by atoms with Crippen LogP contribution in [0.4, 0.5) is 0 Å². The molecule has 0 bridgehead atoms. The molecule has 2 N–H and O–H groups in total. The first-order valence-corrected chi connectivity index (χ1v) is 9.02. The molecule has 1 aromatic carbocycles. The summed E-state index contributed by atoms with van der Waals surface area (Å²) in [6, 6.07) is 8.32. The van der Waals surface area contributed by atoms with E-state index in [1.54, 1.807) is 7.05 Å². The molecule has 1 amide bonds. The highest BCUT2D eigenvalue weighted by Crippen LogP contribution is 2.14. The topological polar surface area (TPSA) is 66.0 Å². The third kappa shape index (κ3) is 7.01. The van der Waals surface area contributed by atoms with Crippen molar-refractivity contribution in [2.45, 2.75) is 52.3 Å². The van der Waals surface area contributed by atoms with Crippen LogP contribution < -0.4 is 15.4 Å². The van der Waals surface area contributed by atoms with Crippen molar-refractivity contribution in [2.75, 3.05) is 20.1 Å². The minimum absolute atomic E-state index is 0. The van der Waals surface area contributed by atoms with Crippen molar-refractivity contribution in [1.29, 1.82) is 0 Å². The van der Waals surface area contributed by atoms with Crippen LogP contribution in [0.15, 0.2) is 29.3 Å². The fraction of sp³-hybridized carbons (Fsp3) is 0.579. The predicted octanol–water partition coefficient (Wildman–Crippen LogP) is 2.77. The summed E-state index contributed by atoms with van der Waals surface area (Å²) in [5.41, 5.74) is 1.16. The van der Waals surface area contributed by atoms with E-state index in [1.165, 1.54) is 0 Å². The van der Waals surface area contributed by atoms with E-state index in [-0.39, 0.29) is 42.0 Å². The van der Waals surface area contributed by atoms with E-state index in [4.69, 9.17) is 4.74 Å². The number of amides is 1. The number of benzene rings is 1. The molecule has 1 aliphatic rings. The third-order valence-electron chi connectivity index (χ3n) is 4.16. The van der Waals surface area contributed by atoms with Gasteiger partial charge in [-0.1, -0.05) is 19.1 Å². The van der Waals surface area contributed by atoms with Crippen molar-refractivity contribution in [2.24, 2.45) is 4.99 Å². The summed E-state index contributed by atoms with van der Waals surface area (Å²) in [7, 11) is 1.76. The van der Waals surface area contributed by atoms with Gasteiger partial charge in [0.15, 0.2) is 5.96 Å². The number of carbonyl (C=O) groups excluding carboxylic acids is 1. The Morgan fingerprint density at radius 3 is 2.62 bits per heavy atom. The molecule has 0 saturated carbocycles. The van der Waals surface area contributed by atoms with Crippen molar-refractivity contribution in [3.63, 3.8) is 0 Å². The second-order valence-electron chi connectivity index (χ2n) is 6.56. The highest BCUT2D eigenvalue weighted by atomic mass is 127. The second-order valence-corrected chi connectivity index (χ2v) is 6.56. The van der Waals surface area contributed by atoms with Crippen LogP contribution in [-0.2, 0) is 11.3 Å². The Balaban J connectivity index is 0.00000338. The first-order valence-electron chi connectivity index (χ1n) is 9.02. The predicted molar refractivity (Wildman–Crippen MR) is 116 cm³/mol. The van der Waals surface area contributed by atoms with Gasteiger partial charge in [-0.05, 0) is 38.0 Å². The first-order chi connectivity index (χ1) is 12.0. The zero-order valence-corrected chi connectivity index (χ0v) is 18.4. The molecule has 7 heteroatoms.